The van der Waals surface area contributed by atoms with Crippen molar-refractivity contribution in [3.8, 4) is 0 Å². The lowest BCUT2D eigenvalue weighted by atomic mass is 9.43. The molecule has 0 radical (unpaired) electrons. The highest BCUT2D eigenvalue weighted by atomic mass is 32.3. The third kappa shape index (κ3) is 4.17. The summed E-state index contributed by atoms with van der Waals surface area (Å²) in [5.41, 5.74) is -0.0836. The Labute approximate surface area is 192 Å². The van der Waals surface area contributed by atoms with E-state index in [4.69, 9.17) is 4.55 Å². The van der Waals surface area contributed by atoms with Crippen molar-refractivity contribution < 1.29 is 32.5 Å². The molecule has 0 aromatic rings. The van der Waals surface area contributed by atoms with E-state index in [0.29, 0.717) is 18.3 Å². The van der Waals surface area contributed by atoms with Crippen LogP contribution in [0.5, 0.6) is 0 Å². The molecule has 4 aliphatic rings. The van der Waals surface area contributed by atoms with Gasteiger partial charge in [0.2, 0.25) is 0 Å². The van der Waals surface area contributed by atoms with Gasteiger partial charge in [-0.15, -0.1) is 0 Å². The molecule has 0 spiro atoms. The zero-order valence-corrected chi connectivity index (χ0v) is 20.5. The molecule has 0 saturated heterocycles. The van der Waals surface area contributed by atoms with E-state index in [-0.39, 0.29) is 47.0 Å². The van der Waals surface area contributed by atoms with Crippen LogP contribution in [-0.2, 0) is 14.6 Å². The van der Waals surface area contributed by atoms with Gasteiger partial charge in [0.25, 0.3) is 0 Å². The lowest BCUT2D eigenvalue weighted by Crippen LogP contribution is -2.61. The molecule has 1 unspecified atom stereocenters. The SMILES string of the molecule is C[C@H](CCC(O)OS(=O)(=O)O)[C@H]1CC[C@H]2[C@@H]3[C@H](O)C[C@H]4CCCC[C@]4(C)[C@H]3C[C@H](O)[C@]12C. The number of aliphatic hydroxyl groups is 3. The molecule has 186 valence electrons. The fourth-order valence-electron chi connectivity index (χ4n) is 8.98. The average Bonchev–Trinajstić information content (AvgIpc) is 3.05. The van der Waals surface area contributed by atoms with E-state index >= 15 is 0 Å². The van der Waals surface area contributed by atoms with Gasteiger partial charge in [-0.2, -0.15) is 8.42 Å². The molecule has 4 saturated carbocycles. The molecular formula is C24H42O7S. The molecule has 4 rings (SSSR count). The molecule has 0 aromatic heterocycles. The Morgan fingerprint density at radius 3 is 2.44 bits per heavy atom. The maximum absolute atomic E-state index is 11.6. The summed E-state index contributed by atoms with van der Waals surface area (Å²) >= 11 is 0. The van der Waals surface area contributed by atoms with Crippen LogP contribution in [-0.4, -0.2) is 46.8 Å². The first kappa shape index (κ1) is 24.9. The molecule has 0 heterocycles. The van der Waals surface area contributed by atoms with Crippen LogP contribution in [0.1, 0.15) is 85.0 Å². The minimum Gasteiger partial charge on any atom is -0.393 e. The van der Waals surface area contributed by atoms with Crippen LogP contribution in [0.25, 0.3) is 0 Å². The van der Waals surface area contributed by atoms with Crippen molar-refractivity contribution in [3.05, 3.63) is 0 Å². The molecule has 0 amide bonds. The number of hydrogen-bond donors (Lipinski definition) is 4. The van der Waals surface area contributed by atoms with Crippen LogP contribution >= 0.6 is 0 Å². The molecule has 7 nitrogen and oxygen atoms in total. The smallest absolute Gasteiger partial charge is 0.393 e. The Balaban J connectivity index is 1.51. The third-order valence-corrected chi connectivity index (χ3v) is 11.0. The summed E-state index contributed by atoms with van der Waals surface area (Å²) in [6.45, 7) is 6.70. The van der Waals surface area contributed by atoms with E-state index in [1.54, 1.807) is 0 Å². The summed E-state index contributed by atoms with van der Waals surface area (Å²) in [6, 6.07) is 0. The second-order valence-corrected chi connectivity index (χ2v) is 12.9. The Kier molecular flexibility index (Phi) is 6.80. The summed E-state index contributed by atoms with van der Waals surface area (Å²) in [4.78, 5) is 0. The van der Waals surface area contributed by atoms with Crippen molar-refractivity contribution in [2.45, 2.75) is 103 Å². The fourth-order valence-corrected chi connectivity index (χ4v) is 9.36. The van der Waals surface area contributed by atoms with Gasteiger partial charge < -0.3 is 15.3 Å². The van der Waals surface area contributed by atoms with Gasteiger partial charge >= 0.3 is 10.4 Å². The van der Waals surface area contributed by atoms with Crippen LogP contribution < -0.4 is 0 Å². The highest BCUT2D eigenvalue weighted by Gasteiger charge is 2.65. The standard InChI is InChI=1S/C24H42O7S/c1-14(7-10-21(27)31-32(28,29)30)16-8-9-17-22-18(13-20(26)24(16,17)3)23(2)11-5-4-6-15(23)12-19(22)25/h14-22,25-27H,4-13H2,1-3H3,(H,28,29,30)/t14-,15-,16-,17+,18+,19-,20+,21?,22+,23+,24-/m1/s1. The minimum absolute atomic E-state index is 0.0999. The Bertz CT molecular complexity index is 787. The van der Waals surface area contributed by atoms with Crippen molar-refractivity contribution in [1.29, 1.82) is 0 Å². The molecule has 4 aliphatic carbocycles. The van der Waals surface area contributed by atoms with E-state index < -0.39 is 22.8 Å². The van der Waals surface area contributed by atoms with Gasteiger partial charge in [0.05, 0.1) is 12.2 Å². The summed E-state index contributed by atoms with van der Waals surface area (Å²) in [5.74, 6) is 1.80. The van der Waals surface area contributed by atoms with Crippen LogP contribution in [0.15, 0.2) is 0 Å². The maximum atomic E-state index is 11.6. The van der Waals surface area contributed by atoms with Gasteiger partial charge in [0.15, 0.2) is 6.29 Å². The second kappa shape index (κ2) is 8.76. The number of hydrogen-bond acceptors (Lipinski definition) is 6. The normalized spacial score (nSPS) is 48.4. The van der Waals surface area contributed by atoms with E-state index in [1.165, 1.54) is 25.7 Å². The van der Waals surface area contributed by atoms with E-state index in [1.807, 2.05) is 0 Å². The highest BCUT2D eigenvalue weighted by molar-refractivity contribution is 7.80. The Morgan fingerprint density at radius 1 is 1.03 bits per heavy atom. The highest BCUT2D eigenvalue weighted by Crippen LogP contribution is 2.68. The van der Waals surface area contributed by atoms with Crippen molar-refractivity contribution >= 4 is 10.4 Å². The van der Waals surface area contributed by atoms with E-state index in [0.717, 1.165) is 25.7 Å². The number of rotatable bonds is 6. The fraction of sp³-hybridized carbons (Fsp3) is 1.00. The lowest BCUT2D eigenvalue weighted by molar-refractivity contribution is -0.201. The zero-order chi connectivity index (χ0) is 23.5. The maximum Gasteiger partial charge on any atom is 0.399 e. The third-order valence-electron chi connectivity index (χ3n) is 10.6. The van der Waals surface area contributed by atoms with Gasteiger partial charge in [0, 0.05) is 0 Å². The van der Waals surface area contributed by atoms with Crippen LogP contribution in [0.4, 0.5) is 0 Å². The summed E-state index contributed by atoms with van der Waals surface area (Å²) in [5, 5.41) is 32.7. The molecule has 8 heteroatoms. The first-order valence-corrected chi connectivity index (χ1v) is 13.9. The molecular weight excluding hydrogens is 432 g/mol. The van der Waals surface area contributed by atoms with Crippen molar-refractivity contribution in [3.63, 3.8) is 0 Å². The number of fused-ring (bicyclic) bond motifs is 5. The minimum atomic E-state index is -4.68. The Morgan fingerprint density at radius 2 is 1.75 bits per heavy atom. The van der Waals surface area contributed by atoms with Crippen molar-refractivity contribution in [1.82, 2.24) is 0 Å². The molecule has 0 aliphatic heterocycles. The summed E-state index contributed by atoms with van der Waals surface area (Å²) in [6.07, 6.45) is 6.83. The number of aliphatic hydroxyl groups excluding tert-OH is 3. The van der Waals surface area contributed by atoms with Crippen LogP contribution in [0.3, 0.4) is 0 Å². The van der Waals surface area contributed by atoms with Crippen molar-refractivity contribution in [2.75, 3.05) is 0 Å². The molecule has 4 N–H and O–H groups in total. The Hall–Kier alpha value is -0.250. The van der Waals surface area contributed by atoms with Gasteiger partial charge in [-0.25, -0.2) is 4.18 Å². The van der Waals surface area contributed by atoms with Crippen LogP contribution in [0, 0.1) is 46.3 Å². The van der Waals surface area contributed by atoms with Gasteiger partial charge in [-0.1, -0.05) is 33.6 Å². The monoisotopic (exact) mass is 474 g/mol. The lowest BCUT2D eigenvalue weighted by Gasteiger charge is -2.63. The van der Waals surface area contributed by atoms with Gasteiger partial charge in [-0.3, -0.25) is 4.55 Å². The van der Waals surface area contributed by atoms with E-state index in [2.05, 4.69) is 25.0 Å². The quantitative estimate of drug-likeness (QED) is 0.343. The van der Waals surface area contributed by atoms with E-state index in [9.17, 15) is 23.7 Å². The average molecular weight is 475 g/mol. The predicted molar refractivity (Wildman–Crippen MR) is 120 cm³/mol. The second-order valence-electron chi connectivity index (χ2n) is 11.9. The van der Waals surface area contributed by atoms with Gasteiger partial charge in [0.1, 0.15) is 0 Å². The summed E-state index contributed by atoms with van der Waals surface area (Å²) in [7, 11) is -4.68. The predicted octanol–water partition coefficient (Wildman–Crippen LogP) is 3.53. The molecule has 11 atom stereocenters. The van der Waals surface area contributed by atoms with Gasteiger partial charge in [-0.05, 0) is 97.7 Å². The first-order valence-electron chi connectivity index (χ1n) is 12.6. The molecule has 4 fully saturated rings. The topological polar surface area (TPSA) is 124 Å². The molecule has 0 aromatic carbocycles. The molecule has 0 bridgehead atoms. The van der Waals surface area contributed by atoms with Crippen LogP contribution in [0.2, 0.25) is 0 Å². The zero-order valence-electron chi connectivity index (χ0n) is 19.7. The molecule has 32 heavy (non-hydrogen) atoms. The summed E-state index contributed by atoms with van der Waals surface area (Å²) < 4.78 is 34.7. The first-order chi connectivity index (χ1) is 14.9. The van der Waals surface area contributed by atoms with Crippen molar-refractivity contribution in [2.24, 2.45) is 46.3 Å². The largest absolute Gasteiger partial charge is 0.399 e.